The zero-order chi connectivity index (χ0) is 11.5. The summed E-state index contributed by atoms with van der Waals surface area (Å²) in [5.41, 5.74) is 0.443. The van der Waals surface area contributed by atoms with E-state index in [0.29, 0.717) is 5.41 Å². The van der Waals surface area contributed by atoms with Crippen LogP contribution in [0.3, 0.4) is 0 Å². The summed E-state index contributed by atoms with van der Waals surface area (Å²) < 4.78 is 0. The van der Waals surface area contributed by atoms with Gasteiger partial charge >= 0.3 is 0 Å². The van der Waals surface area contributed by atoms with Gasteiger partial charge in [-0.2, -0.15) is 0 Å². The fraction of sp³-hybridized carbons (Fsp3) is 0.857. The molecule has 1 heteroatoms. The Kier molecular flexibility index (Phi) is 4.22. The predicted molar refractivity (Wildman–Crippen MR) is 66.6 cm³/mol. The van der Waals surface area contributed by atoms with Crippen LogP contribution in [-0.4, -0.2) is 24.5 Å². The lowest BCUT2D eigenvalue weighted by Gasteiger charge is -2.39. The van der Waals surface area contributed by atoms with Gasteiger partial charge in [-0.1, -0.05) is 33.6 Å². The molecule has 0 bridgehead atoms. The molecule has 1 unspecified atom stereocenters. The van der Waals surface area contributed by atoms with Crippen molar-refractivity contribution in [3.8, 4) is 12.3 Å². The fourth-order valence-electron chi connectivity index (χ4n) is 2.45. The number of nitrogens with zero attached hydrogens (tertiary/aromatic N) is 1. The van der Waals surface area contributed by atoms with E-state index < -0.39 is 0 Å². The van der Waals surface area contributed by atoms with Crippen molar-refractivity contribution in [1.82, 2.24) is 4.90 Å². The third-order valence-electron chi connectivity index (χ3n) is 4.02. The summed E-state index contributed by atoms with van der Waals surface area (Å²) in [5.74, 6) is 4.44. The molecule has 0 aliphatic carbocycles. The molecule has 1 heterocycles. The van der Waals surface area contributed by atoms with Crippen LogP contribution in [0.5, 0.6) is 0 Å². The number of hydrogen-bond acceptors (Lipinski definition) is 1. The van der Waals surface area contributed by atoms with Crippen molar-refractivity contribution in [3.05, 3.63) is 0 Å². The average molecular weight is 207 g/mol. The Morgan fingerprint density at radius 2 is 1.87 bits per heavy atom. The molecule has 1 atom stereocenters. The molecule has 1 rings (SSSR count). The molecule has 0 aromatic heterocycles. The smallest absolute Gasteiger partial charge is 0.0598 e. The summed E-state index contributed by atoms with van der Waals surface area (Å²) in [6.45, 7) is 12.7. The van der Waals surface area contributed by atoms with E-state index in [9.17, 15) is 0 Å². The first kappa shape index (κ1) is 12.6. The molecule has 1 aliphatic rings. The molecule has 1 saturated heterocycles. The topological polar surface area (TPSA) is 3.24 Å². The van der Waals surface area contributed by atoms with Crippen molar-refractivity contribution >= 4 is 0 Å². The van der Waals surface area contributed by atoms with E-state index in [4.69, 9.17) is 6.42 Å². The lowest BCUT2D eigenvalue weighted by molar-refractivity contribution is 0.104. The second-order valence-corrected chi connectivity index (χ2v) is 5.97. The van der Waals surface area contributed by atoms with Gasteiger partial charge in [0.2, 0.25) is 0 Å². The largest absolute Gasteiger partial charge is 0.292 e. The Labute approximate surface area is 95.2 Å². The monoisotopic (exact) mass is 207 g/mol. The van der Waals surface area contributed by atoms with Crippen LogP contribution < -0.4 is 0 Å². The van der Waals surface area contributed by atoms with Crippen molar-refractivity contribution in [2.45, 2.75) is 40.5 Å². The Morgan fingerprint density at radius 1 is 1.33 bits per heavy atom. The van der Waals surface area contributed by atoms with Gasteiger partial charge in [-0.25, -0.2) is 0 Å². The number of hydrogen-bond donors (Lipinski definition) is 0. The summed E-state index contributed by atoms with van der Waals surface area (Å²) in [6, 6.07) is 0. The van der Waals surface area contributed by atoms with Gasteiger partial charge in [0, 0.05) is 0 Å². The SMILES string of the molecule is C#CCN1CCC(C(C)C(C)(C)C)CC1. The number of terminal acetylenes is 1. The van der Waals surface area contributed by atoms with Crippen LogP contribution in [0.15, 0.2) is 0 Å². The zero-order valence-corrected chi connectivity index (χ0v) is 10.7. The second kappa shape index (κ2) is 5.03. The molecule has 0 saturated carbocycles. The van der Waals surface area contributed by atoms with E-state index in [1.54, 1.807) is 0 Å². The maximum Gasteiger partial charge on any atom is 0.0598 e. The van der Waals surface area contributed by atoms with Crippen LogP contribution in [0.2, 0.25) is 0 Å². The standard InChI is InChI=1S/C14H25N/c1-6-9-15-10-7-13(8-11-15)12(2)14(3,4)5/h1,12-13H,7-11H2,2-5H3. The molecule has 0 amide bonds. The van der Waals surface area contributed by atoms with Crippen molar-refractivity contribution in [3.63, 3.8) is 0 Å². The summed E-state index contributed by atoms with van der Waals surface area (Å²) in [6.07, 6.45) is 7.97. The first-order valence-electron chi connectivity index (χ1n) is 6.11. The van der Waals surface area contributed by atoms with E-state index in [1.807, 2.05) is 0 Å². The van der Waals surface area contributed by atoms with Gasteiger partial charge in [0.1, 0.15) is 0 Å². The molecule has 0 radical (unpaired) electrons. The maximum absolute atomic E-state index is 5.33. The van der Waals surface area contributed by atoms with E-state index in [0.717, 1.165) is 18.4 Å². The Balaban J connectivity index is 2.41. The molecule has 0 N–H and O–H groups in total. The highest BCUT2D eigenvalue weighted by molar-refractivity contribution is 4.90. The maximum atomic E-state index is 5.33. The number of likely N-dealkylation sites (tertiary alicyclic amines) is 1. The quantitative estimate of drug-likeness (QED) is 0.629. The molecule has 0 spiro atoms. The number of piperidine rings is 1. The van der Waals surface area contributed by atoms with Gasteiger partial charge in [-0.3, -0.25) is 4.90 Å². The van der Waals surface area contributed by atoms with Crippen LogP contribution in [0.1, 0.15) is 40.5 Å². The Hall–Kier alpha value is -0.480. The van der Waals surface area contributed by atoms with Crippen LogP contribution in [0.25, 0.3) is 0 Å². The molecule has 1 aliphatic heterocycles. The Bertz CT molecular complexity index is 223. The van der Waals surface area contributed by atoms with E-state index in [1.165, 1.54) is 25.9 Å². The fourth-order valence-corrected chi connectivity index (χ4v) is 2.45. The molecule has 86 valence electrons. The minimum absolute atomic E-state index is 0.443. The first-order valence-corrected chi connectivity index (χ1v) is 6.11. The molecule has 15 heavy (non-hydrogen) atoms. The predicted octanol–water partition coefficient (Wildman–Crippen LogP) is 3.01. The highest BCUT2D eigenvalue weighted by Gasteiger charge is 2.30. The molecule has 0 aromatic carbocycles. The molecular weight excluding hydrogens is 182 g/mol. The highest BCUT2D eigenvalue weighted by Crippen LogP contribution is 2.36. The van der Waals surface area contributed by atoms with Gasteiger partial charge in [0.05, 0.1) is 6.54 Å². The van der Waals surface area contributed by atoms with Crippen molar-refractivity contribution in [2.24, 2.45) is 17.3 Å². The summed E-state index contributed by atoms with van der Waals surface area (Å²) >= 11 is 0. The molecule has 0 aromatic rings. The van der Waals surface area contributed by atoms with Crippen molar-refractivity contribution in [2.75, 3.05) is 19.6 Å². The van der Waals surface area contributed by atoms with Gasteiger partial charge in [-0.15, -0.1) is 6.42 Å². The minimum atomic E-state index is 0.443. The normalized spacial score (nSPS) is 22.3. The Morgan fingerprint density at radius 3 is 2.27 bits per heavy atom. The number of rotatable bonds is 2. The second-order valence-electron chi connectivity index (χ2n) is 5.97. The lowest BCUT2D eigenvalue weighted by atomic mass is 9.71. The van der Waals surface area contributed by atoms with Gasteiger partial charge in [0.25, 0.3) is 0 Å². The van der Waals surface area contributed by atoms with E-state index in [-0.39, 0.29) is 0 Å². The third-order valence-corrected chi connectivity index (χ3v) is 4.02. The van der Waals surface area contributed by atoms with E-state index >= 15 is 0 Å². The molecule has 1 nitrogen and oxygen atoms in total. The van der Waals surface area contributed by atoms with Gasteiger partial charge in [0.15, 0.2) is 0 Å². The summed E-state index contributed by atoms with van der Waals surface area (Å²) in [4.78, 5) is 2.39. The molecular formula is C14H25N. The first-order chi connectivity index (χ1) is 6.95. The highest BCUT2D eigenvalue weighted by atomic mass is 15.1. The minimum Gasteiger partial charge on any atom is -0.292 e. The van der Waals surface area contributed by atoms with Crippen LogP contribution in [0, 0.1) is 29.6 Å². The van der Waals surface area contributed by atoms with Crippen LogP contribution in [0.4, 0.5) is 0 Å². The summed E-state index contributed by atoms with van der Waals surface area (Å²) in [5, 5.41) is 0. The van der Waals surface area contributed by atoms with Crippen molar-refractivity contribution < 1.29 is 0 Å². The van der Waals surface area contributed by atoms with Crippen LogP contribution >= 0.6 is 0 Å². The van der Waals surface area contributed by atoms with Gasteiger partial charge < -0.3 is 0 Å². The van der Waals surface area contributed by atoms with Crippen molar-refractivity contribution in [1.29, 1.82) is 0 Å². The van der Waals surface area contributed by atoms with E-state index in [2.05, 4.69) is 38.5 Å². The average Bonchev–Trinajstić information content (AvgIpc) is 2.17. The van der Waals surface area contributed by atoms with Crippen LogP contribution in [-0.2, 0) is 0 Å². The molecule has 1 fully saturated rings. The van der Waals surface area contributed by atoms with Gasteiger partial charge in [-0.05, 0) is 43.2 Å². The third kappa shape index (κ3) is 3.54. The summed E-state index contributed by atoms with van der Waals surface area (Å²) in [7, 11) is 0. The zero-order valence-electron chi connectivity index (χ0n) is 10.7. The lowest BCUT2D eigenvalue weighted by Crippen LogP contribution is -2.38.